The SMILES string of the molecule is CCOC(=O)C(C)(C)COc1c(-c2cccc3c2COC3=O)ccc(OC)c1OC. The van der Waals surface area contributed by atoms with Crippen molar-refractivity contribution in [2.24, 2.45) is 5.41 Å². The topological polar surface area (TPSA) is 80.3 Å². The minimum absolute atomic E-state index is 0.0623. The first-order valence-corrected chi connectivity index (χ1v) is 9.68. The van der Waals surface area contributed by atoms with Crippen LogP contribution in [0.15, 0.2) is 30.3 Å². The molecule has 1 heterocycles. The van der Waals surface area contributed by atoms with E-state index in [9.17, 15) is 9.59 Å². The van der Waals surface area contributed by atoms with Gasteiger partial charge in [-0.05, 0) is 44.5 Å². The Hall–Kier alpha value is -3.22. The van der Waals surface area contributed by atoms with E-state index in [2.05, 4.69) is 0 Å². The standard InChI is InChI=1S/C23H26O7/c1-6-28-22(25)23(2,3)13-30-19-15(10-11-18(26-4)20(19)27-5)14-8-7-9-16-17(14)12-29-21(16)24/h7-11H,6,12-13H2,1-5H3. The van der Waals surface area contributed by atoms with Crippen molar-refractivity contribution in [3.63, 3.8) is 0 Å². The smallest absolute Gasteiger partial charge is 0.338 e. The van der Waals surface area contributed by atoms with Crippen LogP contribution in [0.3, 0.4) is 0 Å². The van der Waals surface area contributed by atoms with Crippen molar-refractivity contribution in [3.8, 4) is 28.4 Å². The lowest BCUT2D eigenvalue weighted by atomic mass is 9.94. The van der Waals surface area contributed by atoms with Gasteiger partial charge in [0.05, 0.1) is 31.8 Å². The molecule has 3 rings (SSSR count). The first-order chi connectivity index (χ1) is 14.3. The summed E-state index contributed by atoms with van der Waals surface area (Å²) in [4.78, 5) is 24.3. The summed E-state index contributed by atoms with van der Waals surface area (Å²) in [5, 5.41) is 0. The fraction of sp³-hybridized carbons (Fsp3) is 0.391. The van der Waals surface area contributed by atoms with E-state index in [1.165, 1.54) is 14.2 Å². The van der Waals surface area contributed by atoms with E-state index in [1.54, 1.807) is 39.0 Å². The third-order valence-electron chi connectivity index (χ3n) is 4.94. The minimum Gasteiger partial charge on any atom is -0.493 e. The van der Waals surface area contributed by atoms with E-state index in [0.29, 0.717) is 35.0 Å². The Morgan fingerprint density at radius 3 is 2.43 bits per heavy atom. The normalized spacial score (nSPS) is 12.8. The molecule has 0 atom stereocenters. The second kappa shape index (κ2) is 8.65. The Labute approximate surface area is 175 Å². The molecular weight excluding hydrogens is 388 g/mol. The van der Waals surface area contributed by atoms with E-state index in [4.69, 9.17) is 23.7 Å². The number of methoxy groups -OCH3 is 2. The second-order valence-corrected chi connectivity index (χ2v) is 7.48. The van der Waals surface area contributed by atoms with Gasteiger partial charge in [-0.2, -0.15) is 0 Å². The predicted molar refractivity (Wildman–Crippen MR) is 110 cm³/mol. The van der Waals surface area contributed by atoms with Crippen LogP contribution >= 0.6 is 0 Å². The van der Waals surface area contributed by atoms with E-state index in [-0.39, 0.29) is 25.2 Å². The van der Waals surface area contributed by atoms with E-state index in [1.807, 2.05) is 12.1 Å². The Morgan fingerprint density at radius 1 is 1.03 bits per heavy atom. The van der Waals surface area contributed by atoms with Crippen LogP contribution in [-0.4, -0.2) is 39.4 Å². The van der Waals surface area contributed by atoms with Crippen LogP contribution in [0.5, 0.6) is 17.2 Å². The van der Waals surface area contributed by atoms with Gasteiger partial charge in [-0.15, -0.1) is 0 Å². The van der Waals surface area contributed by atoms with Crippen molar-refractivity contribution >= 4 is 11.9 Å². The first-order valence-electron chi connectivity index (χ1n) is 9.68. The number of benzene rings is 2. The fourth-order valence-corrected chi connectivity index (χ4v) is 3.29. The zero-order valence-corrected chi connectivity index (χ0v) is 17.9. The third-order valence-corrected chi connectivity index (χ3v) is 4.94. The van der Waals surface area contributed by atoms with Crippen molar-refractivity contribution in [3.05, 3.63) is 41.5 Å². The van der Waals surface area contributed by atoms with Crippen LogP contribution < -0.4 is 14.2 Å². The van der Waals surface area contributed by atoms with Crippen molar-refractivity contribution < 1.29 is 33.3 Å². The molecule has 7 heteroatoms. The van der Waals surface area contributed by atoms with Crippen LogP contribution in [0, 0.1) is 5.41 Å². The Morgan fingerprint density at radius 2 is 1.77 bits per heavy atom. The molecule has 0 saturated heterocycles. The summed E-state index contributed by atoms with van der Waals surface area (Å²) in [7, 11) is 3.06. The van der Waals surface area contributed by atoms with E-state index >= 15 is 0 Å². The minimum atomic E-state index is -0.876. The largest absolute Gasteiger partial charge is 0.493 e. The Bertz CT molecular complexity index is 962. The molecule has 0 bridgehead atoms. The highest BCUT2D eigenvalue weighted by Crippen LogP contribution is 2.46. The highest BCUT2D eigenvalue weighted by molar-refractivity contribution is 5.96. The lowest BCUT2D eigenvalue weighted by Crippen LogP contribution is -2.33. The number of fused-ring (bicyclic) bond motifs is 1. The number of carbonyl (C=O) groups excluding carboxylic acids is 2. The molecule has 2 aromatic carbocycles. The highest BCUT2D eigenvalue weighted by Gasteiger charge is 2.32. The zero-order chi connectivity index (χ0) is 21.9. The van der Waals surface area contributed by atoms with Crippen molar-refractivity contribution in [2.75, 3.05) is 27.4 Å². The second-order valence-electron chi connectivity index (χ2n) is 7.48. The van der Waals surface area contributed by atoms with Gasteiger partial charge in [0.1, 0.15) is 13.2 Å². The molecule has 0 saturated carbocycles. The van der Waals surface area contributed by atoms with Crippen LogP contribution in [-0.2, 0) is 20.9 Å². The van der Waals surface area contributed by atoms with Crippen LogP contribution in [0.2, 0.25) is 0 Å². The monoisotopic (exact) mass is 414 g/mol. The van der Waals surface area contributed by atoms with Crippen molar-refractivity contribution in [1.82, 2.24) is 0 Å². The molecule has 1 aliphatic heterocycles. The molecule has 7 nitrogen and oxygen atoms in total. The number of cyclic esters (lactones) is 1. The Balaban J connectivity index is 2.08. The van der Waals surface area contributed by atoms with Gasteiger partial charge in [0.25, 0.3) is 0 Å². The summed E-state index contributed by atoms with van der Waals surface area (Å²) in [6.45, 7) is 5.81. The number of hydrogen-bond acceptors (Lipinski definition) is 7. The third kappa shape index (κ3) is 3.92. The van der Waals surface area contributed by atoms with Crippen molar-refractivity contribution in [2.45, 2.75) is 27.4 Å². The summed E-state index contributed by atoms with van der Waals surface area (Å²) in [6.07, 6.45) is 0. The van der Waals surface area contributed by atoms with E-state index in [0.717, 1.165) is 11.1 Å². The molecule has 0 spiro atoms. The average molecular weight is 414 g/mol. The molecule has 0 N–H and O–H groups in total. The van der Waals surface area contributed by atoms with Gasteiger partial charge in [0, 0.05) is 11.1 Å². The van der Waals surface area contributed by atoms with Crippen LogP contribution in [0.1, 0.15) is 36.7 Å². The molecule has 1 aliphatic rings. The van der Waals surface area contributed by atoms with Crippen LogP contribution in [0.25, 0.3) is 11.1 Å². The van der Waals surface area contributed by atoms with Gasteiger partial charge in [-0.3, -0.25) is 4.79 Å². The summed E-state index contributed by atoms with van der Waals surface area (Å²) in [5.74, 6) is 0.607. The molecule has 2 aromatic rings. The summed E-state index contributed by atoms with van der Waals surface area (Å²) in [6, 6.07) is 9.04. The maximum absolute atomic E-state index is 12.3. The van der Waals surface area contributed by atoms with Crippen LogP contribution in [0.4, 0.5) is 0 Å². The number of esters is 2. The Kier molecular flexibility index (Phi) is 6.20. The quantitative estimate of drug-likeness (QED) is 0.604. The maximum Gasteiger partial charge on any atom is 0.338 e. The lowest BCUT2D eigenvalue weighted by molar-refractivity contribution is -0.155. The average Bonchev–Trinajstić information content (AvgIpc) is 3.12. The van der Waals surface area contributed by atoms with Gasteiger partial charge in [0.15, 0.2) is 11.5 Å². The maximum atomic E-state index is 12.3. The summed E-state index contributed by atoms with van der Waals surface area (Å²) < 4.78 is 27.5. The van der Waals surface area contributed by atoms with Gasteiger partial charge < -0.3 is 23.7 Å². The molecule has 0 unspecified atom stereocenters. The molecule has 0 amide bonds. The molecule has 0 aromatic heterocycles. The number of ether oxygens (including phenoxy) is 5. The molecule has 0 fully saturated rings. The highest BCUT2D eigenvalue weighted by atomic mass is 16.6. The molecule has 30 heavy (non-hydrogen) atoms. The molecule has 0 aliphatic carbocycles. The summed E-state index contributed by atoms with van der Waals surface area (Å²) >= 11 is 0. The molecular formula is C23H26O7. The molecule has 160 valence electrons. The van der Waals surface area contributed by atoms with Crippen molar-refractivity contribution in [1.29, 1.82) is 0 Å². The van der Waals surface area contributed by atoms with E-state index < -0.39 is 5.41 Å². The van der Waals surface area contributed by atoms with Gasteiger partial charge in [-0.25, -0.2) is 4.79 Å². The number of carbonyl (C=O) groups is 2. The summed E-state index contributed by atoms with van der Waals surface area (Å²) in [5.41, 5.74) is 1.94. The number of rotatable bonds is 8. The number of hydrogen-bond donors (Lipinski definition) is 0. The lowest BCUT2D eigenvalue weighted by Gasteiger charge is -2.25. The fourth-order valence-electron chi connectivity index (χ4n) is 3.29. The zero-order valence-electron chi connectivity index (χ0n) is 17.9. The molecule has 0 radical (unpaired) electrons. The first kappa shape index (κ1) is 21.5. The van der Waals surface area contributed by atoms with Gasteiger partial charge >= 0.3 is 11.9 Å². The van der Waals surface area contributed by atoms with Gasteiger partial charge in [0.2, 0.25) is 5.75 Å². The predicted octanol–water partition coefficient (Wildman–Crippen LogP) is 4.01. The van der Waals surface area contributed by atoms with Gasteiger partial charge in [-0.1, -0.05) is 12.1 Å².